The number of aliphatic hydroxyl groups is 1. The number of hydrogen-bond acceptors (Lipinski definition) is 7. The van der Waals surface area contributed by atoms with Gasteiger partial charge in [0.05, 0.1) is 12.3 Å². The second kappa shape index (κ2) is 12.3. The summed E-state index contributed by atoms with van der Waals surface area (Å²) in [6.07, 6.45) is -0.944. The van der Waals surface area contributed by atoms with Gasteiger partial charge in [-0.25, -0.2) is 19.1 Å². The molecule has 0 aliphatic heterocycles. The predicted octanol–water partition coefficient (Wildman–Crippen LogP) is 2.70. The number of nitrogens with one attached hydrogen (secondary N) is 2. The van der Waals surface area contributed by atoms with Crippen molar-refractivity contribution in [1.29, 1.82) is 0 Å². The van der Waals surface area contributed by atoms with Gasteiger partial charge < -0.3 is 19.3 Å². The first kappa shape index (κ1) is 24.7. The van der Waals surface area contributed by atoms with Crippen LogP contribution in [0.1, 0.15) is 11.7 Å². The molecule has 0 radical (unpaired) electrons. The first-order valence-corrected chi connectivity index (χ1v) is 9.29. The molecule has 32 heavy (non-hydrogen) atoms. The highest BCUT2D eigenvalue weighted by molar-refractivity contribution is 5.86. The van der Waals surface area contributed by atoms with Crippen molar-refractivity contribution < 1.29 is 42.9 Å². The Hall–Kier alpha value is -3.54. The number of anilines is 1. The Bertz CT molecular complexity index is 938. The molecule has 0 unspecified atom stereocenters. The summed E-state index contributed by atoms with van der Waals surface area (Å²) in [5, 5.41) is 19.7. The molecule has 11 heteroatoms. The number of hydroxylamine groups is 1. The SMILES string of the molecule is CO[C@@H](/C=C/C(=O)NO)[C@@H](OC(=O)Nc1ccc(F)cc1F)c1ccc(OCCO)cc1. The summed E-state index contributed by atoms with van der Waals surface area (Å²) < 4.78 is 42.9. The van der Waals surface area contributed by atoms with E-state index in [0.717, 1.165) is 18.2 Å². The van der Waals surface area contributed by atoms with Gasteiger partial charge in [-0.15, -0.1) is 0 Å². The Balaban J connectivity index is 2.26. The van der Waals surface area contributed by atoms with Crippen LogP contribution in [0.5, 0.6) is 5.75 Å². The molecular formula is C21H22F2N2O7. The zero-order valence-corrected chi connectivity index (χ0v) is 17.0. The number of hydrogen-bond donors (Lipinski definition) is 4. The number of rotatable bonds is 10. The minimum Gasteiger partial charge on any atom is -0.491 e. The summed E-state index contributed by atoms with van der Waals surface area (Å²) in [5.74, 6) is -2.19. The van der Waals surface area contributed by atoms with Crippen LogP contribution in [-0.2, 0) is 14.3 Å². The van der Waals surface area contributed by atoms with E-state index in [9.17, 15) is 18.4 Å². The van der Waals surface area contributed by atoms with E-state index in [0.29, 0.717) is 17.4 Å². The van der Waals surface area contributed by atoms with Crippen LogP contribution in [0.4, 0.5) is 19.3 Å². The van der Waals surface area contributed by atoms with E-state index >= 15 is 0 Å². The van der Waals surface area contributed by atoms with Gasteiger partial charge in [0.2, 0.25) is 0 Å². The molecule has 2 aromatic rings. The van der Waals surface area contributed by atoms with E-state index < -0.39 is 35.8 Å². The van der Waals surface area contributed by atoms with Crippen molar-refractivity contribution in [2.24, 2.45) is 0 Å². The minimum atomic E-state index is -1.11. The Morgan fingerprint density at radius 3 is 2.47 bits per heavy atom. The topological polar surface area (TPSA) is 126 Å². The van der Waals surface area contributed by atoms with Crippen molar-refractivity contribution in [3.8, 4) is 5.75 Å². The monoisotopic (exact) mass is 452 g/mol. The Morgan fingerprint density at radius 1 is 1.16 bits per heavy atom. The Kier molecular flexibility index (Phi) is 9.54. The lowest BCUT2D eigenvalue weighted by molar-refractivity contribution is -0.124. The fraction of sp³-hybridized carbons (Fsp3) is 0.238. The second-order valence-electron chi connectivity index (χ2n) is 6.25. The molecule has 4 N–H and O–H groups in total. The third-order valence-electron chi connectivity index (χ3n) is 4.09. The quantitative estimate of drug-likeness (QED) is 0.248. The fourth-order valence-electron chi connectivity index (χ4n) is 2.61. The maximum absolute atomic E-state index is 13.8. The third kappa shape index (κ3) is 7.30. The highest BCUT2D eigenvalue weighted by Crippen LogP contribution is 2.27. The molecule has 0 spiro atoms. The van der Waals surface area contributed by atoms with Crippen LogP contribution in [0.2, 0.25) is 0 Å². The largest absolute Gasteiger partial charge is 0.491 e. The lowest BCUT2D eigenvalue weighted by atomic mass is 10.0. The van der Waals surface area contributed by atoms with Gasteiger partial charge >= 0.3 is 6.09 Å². The molecule has 172 valence electrons. The molecule has 0 aliphatic rings. The maximum Gasteiger partial charge on any atom is 0.412 e. The van der Waals surface area contributed by atoms with Crippen LogP contribution >= 0.6 is 0 Å². The van der Waals surface area contributed by atoms with Crippen molar-refractivity contribution in [2.75, 3.05) is 25.6 Å². The molecule has 2 aromatic carbocycles. The molecule has 0 saturated carbocycles. The average molecular weight is 452 g/mol. The maximum atomic E-state index is 13.8. The molecule has 0 fully saturated rings. The number of benzene rings is 2. The first-order chi connectivity index (χ1) is 15.4. The molecule has 0 saturated heterocycles. The molecular weight excluding hydrogens is 430 g/mol. The highest BCUT2D eigenvalue weighted by Gasteiger charge is 2.26. The molecule has 0 aliphatic carbocycles. The third-order valence-corrected chi connectivity index (χ3v) is 4.09. The van der Waals surface area contributed by atoms with E-state index in [1.54, 1.807) is 24.3 Å². The molecule has 2 atom stereocenters. The Morgan fingerprint density at radius 2 is 1.88 bits per heavy atom. The number of carbonyl (C=O) groups excluding carboxylic acids is 2. The van der Waals surface area contributed by atoms with Crippen molar-refractivity contribution in [2.45, 2.75) is 12.2 Å². The van der Waals surface area contributed by atoms with Crippen LogP contribution in [0.3, 0.4) is 0 Å². The summed E-state index contributed by atoms with van der Waals surface area (Å²) in [7, 11) is 1.30. The summed E-state index contributed by atoms with van der Waals surface area (Å²) in [4.78, 5) is 23.7. The van der Waals surface area contributed by atoms with Gasteiger partial charge in [0.25, 0.3) is 5.91 Å². The number of aliphatic hydroxyl groups excluding tert-OH is 1. The zero-order valence-electron chi connectivity index (χ0n) is 17.0. The highest BCUT2D eigenvalue weighted by atomic mass is 19.1. The second-order valence-corrected chi connectivity index (χ2v) is 6.25. The van der Waals surface area contributed by atoms with E-state index in [1.807, 2.05) is 0 Å². The normalized spacial score (nSPS) is 12.8. The molecule has 0 bridgehead atoms. The Labute approximate surface area is 182 Å². The van der Waals surface area contributed by atoms with Crippen LogP contribution in [0, 0.1) is 11.6 Å². The number of amides is 2. The van der Waals surface area contributed by atoms with Crippen LogP contribution in [0.15, 0.2) is 54.6 Å². The van der Waals surface area contributed by atoms with Gasteiger partial charge in [-0.05, 0) is 35.9 Å². The number of ether oxygens (including phenoxy) is 3. The van der Waals surface area contributed by atoms with Crippen molar-refractivity contribution in [3.63, 3.8) is 0 Å². The van der Waals surface area contributed by atoms with Gasteiger partial charge in [-0.3, -0.25) is 15.3 Å². The van der Waals surface area contributed by atoms with E-state index in [1.165, 1.54) is 18.7 Å². The van der Waals surface area contributed by atoms with E-state index in [4.69, 9.17) is 24.5 Å². The molecule has 0 heterocycles. The van der Waals surface area contributed by atoms with Gasteiger partial charge in [0.1, 0.15) is 30.1 Å². The standard InChI is InChI=1S/C21H22F2N2O7/c1-30-18(8-9-19(27)25-29)20(13-2-5-15(6-3-13)31-11-10-26)32-21(28)24-17-7-4-14(22)12-16(17)23/h2-9,12,18,20,26,29H,10-11H2,1H3,(H,24,28)(H,25,27)/b9-8+/t18-,20-/m0/s1. The molecule has 9 nitrogen and oxygen atoms in total. The lowest BCUT2D eigenvalue weighted by Gasteiger charge is -2.24. The van der Waals surface area contributed by atoms with Gasteiger partial charge in [0, 0.05) is 19.3 Å². The minimum absolute atomic E-state index is 0.0879. The molecule has 0 aromatic heterocycles. The first-order valence-electron chi connectivity index (χ1n) is 9.29. The van der Waals surface area contributed by atoms with Crippen LogP contribution in [0.25, 0.3) is 0 Å². The van der Waals surface area contributed by atoms with Crippen molar-refractivity contribution in [1.82, 2.24) is 5.48 Å². The predicted molar refractivity (Wildman–Crippen MR) is 108 cm³/mol. The van der Waals surface area contributed by atoms with Gasteiger partial charge in [-0.1, -0.05) is 12.1 Å². The zero-order chi connectivity index (χ0) is 23.5. The van der Waals surface area contributed by atoms with Gasteiger partial charge in [-0.2, -0.15) is 0 Å². The van der Waals surface area contributed by atoms with Crippen LogP contribution < -0.4 is 15.5 Å². The van der Waals surface area contributed by atoms with Crippen LogP contribution in [-0.4, -0.2) is 48.7 Å². The average Bonchev–Trinajstić information content (AvgIpc) is 2.79. The summed E-state index contributed by atoms with van der Waals surface area (Å²) in [6.45, 7) is -0.0817. The molecule has 2 rings (SSSR count). The van der Waals surface area contributed by atoms with Crippen molar-refractivity contribution in [3.05, 3.63) is 71.8 Å². The fourth-order valence-corrected chi connectivity index (χ4v) is 2.61. The van der Waals surface area contributed by atoms with Crippen molar-refractivity contribution >= 4 is 17.7 Å². The number of methoxy groups -OCH3 is 1. The summed E-state index contributed by atoms with van der Waals surface area (Å²) >= 11 is 0. The number of carbonyl (C=O) groups is 2. The smallest absolute Gasteiger partial charge is 0.412 e. The summed E-state index contributed by atoms with van der Waals surface area (Å²) in [6, 6.07) is 8.87. The number of halogens is 2. The molecule has 2 amide bonds. The lowest BCUT2D eigenvalue weighted by Crippen LogP contribution is -2.27. The van der Waals surface area contributed by atoms with E-state index in [2.05, 4.69) is 5.32 Å². The van der Waals surface area contributed by atoms with Gasteiger partial charge in [0.15, 0.2) is 6.10 Å². The summed E-state index contributed by atoms with van der Waals surface area (Å²) in [5.41, 5.74) is 1.55. The van der Waals surface area contributed by atoms with E-state index in [-0.39, 0.29) is 18.9 Å².